The van der Waals surface area contributed by atoms with Gasteiger partial charge in [-0.15, -0.1) is 0 Å². The fraction of sp³-hybridized carbons (Fsp3) is 0.909. The largest absolute Gasteiger partial charge is 0.475 e. The number of amides is 1. The van der Waals surface area contributed by atoms with E-state index in [-0.39, 0.29) is 10.4 Å². The lowest BCUT2D eigenvalue weighted by Crippen LogP contribution is -2.73. The fourth-order valence-corrected chi connectivity index (χ4v) is 3.58. The van der Waals surface area contributed by atoms with Gasteiger partial charge in [0.15, 0.2) is 0 Å². The Bertz CT molecular complexity index is 449. The SMILES string of the molecule is CCCCCCCCCCCCCCNC(=O)C(C)C(N)(C(=O)O)[N+](C)(C)C. The van der Waals surface area contributed by atoms with Crippen molar-refractivity contribution < 1.29 is 19.2 Å². The van der Waals surface area contributed by atoms with Crippen molar-refractivity contribution in [3.8, 4) is 0 Å². The predicted molar refractivity (Wildman–Crippen MR) is 116 cm³/mol. The molecule has 166 valence electrons. The van der Waals surface area contributed by atoms with Crippen LogP contribution in [0.1, 0.15) is 90.9 Å². The van der Waals surface area contributed by atoms with Crippen molar-refractivity contribution in [2.24, 2.45) is 11.7 Å². The number of aliphatic carboxylic acids is 1. The van der Waals surface area contributed by atoms with Crippen molar-refractivity contribution in [1.29, 1.82) is 0 Å². The highest BCUT2D eigenvalue weighted by molar-refractivity contribution is 5.88. The average Bonchev–Trinajstić information content (AvgIpc) is 2.62. The van der Waals surface area contributed by atoms with Gasteiger partial charge in [-0.1, -0.05) is 77.6 Å². The Labute approximate surface area is 172 Å². The van der Waals surface area contributed by atoms with E-state index in [2.05, 4.69) is 12.2 Å². The van der Waals surface area contributed by atoms with Gasteiger partial charge in [-0.2, -0.15) is 0 Å². The van der Waals surface area contributed by atoms with Gasteiger partial charge in [0.1, 0.15) is 5.92 Å². The van der Waals surface area contributed by atoms with E-state index in [9.17, 15) is 14.7 Å². The second-order valence-electron chi connectivity index (χ2n) is 9.04. The maximum Gasteiger partial charge on any atom is 0.382 e. The minimum Gasteiger partial charge on any atom is -0.475 e. The van der Waals surface area contributed by atoms with E-state index < -0.39 is 17.6 Å². The molecule has 28 heavy (non-hydrogen) atoms. The van der Waals surface area contributed by atoms with Crippen LogP contribution in [-0.4, -0.2) is 54.8 Å². The van der Waals surface area contributed by atoms with E-state index in [1.807, 2.05) is 0 Å². The minimum atomic E-state index is -1.65. The van der Waals surface area contributed by atoms with Gasteiger partial charge in [0.2, 0.25) is 5.91 Å². The monoisotopic (exact) mass is 400 g/mol. The highest BCUT2D eigenvalue weighted by atomic mass is 16.4. The molecule has 2 atom stereocenters. The molecule has 0 aromatic carbocycles. The van der Waals surface area contributed by atoms with Gasteiger partial charge in [-0.05, 0) is 13.3 Å². The van der Waals surface area contributed by atoms with E-state index in [0.717, 1.165) is 12.8 Å². The third-order valence-electron chi connectivity index (χ3n) is 5.84. The number of nitrogens with zero attached hydrogens (tertiary/aromatic N) is 1. The number of rotatable bonds is 17. The molecular formula is C22H46N3O3+. The number of hydrogen-bond donors (Lipinski definition) is 3. The van der Waals surface area contributed by atoms with Crippen molar-refractivity contribution in [2.45, 2.75) is 96.6 Å². The van der Waals surface area contributed by atoms with Gasteiger partial charge in [0, 0.05) is 6.54 Å². The van der Waals surface area contributed by atoms with Crippen LogP contribution in [0.5, 0.6) is 0 Å². The first-order valence-electron chi connectivity index (χ1n) is 11.2. The normalized spacial score (nSPS) is 15.1. The molecule has 0 aromatic heterocycles. The van der Waals surface area contributed by atoms with E-state index >= 15 is 0 Å². The van der Waals surface area contributed by atoms with Crippen LogP contribution >= 0.6 is 0 Å². The van der Waals surface area contributed by atoms with Gasteiger partial charge >= 0.3 is 5.97 Å². The number of carbonyl (C=O) groups is 2. The zero-order valence-electron chi connectivity index (χ0n) is 19.1. The lowest BCUT2D eigenvalue weighted by molar-refractivity contribution is -0.916. The fourth-order valence-electron chi connectivity index (χ4n) is 3.58. The van der Waals surface area contributed by atoms with Crippen molar-refractivity contribution in [1.82, 2.24) is 5.32 Å². The zero-order chi connectivity index (χ0) is 21.6. The summed E-state index contributed by atoms with van der Waals surface area (Å²) in [5, 5.41) is 12.4. The summed E-state index contributed by atoms with van der Waals surface area (Å²) in [6.07, 6.45) is 15.3. The molecule has 1 amide bonds. The van der Waals surface area contributed by atoms with E-state index in [4.69, 9.17) is 5.73 Å². The van der Waals surface area contributed by atoms with Crippen LogP contribution in [0.2, 0.25) is 0 Å². The van der Waals surface area contributed by atoms with Crippen LogP contribution in [0.15, 0.2) is 0 Å². The summed E-state index contributed by atoms with van der Waals surface area (Å²) in [5.41, 5.74) is 4.47. The minimum absolute atomic E-state index is 0.0183. The maximum atomic E-state index is 12.4. The van der Waals surface area contributed by atoms with Crippen LogP contribution in [0.4, 0.5) is 0 Å². The van der Waals surface area contributed by atoms with Crippen molar-refractivity contribution >= 4 is 11.9 Å². The first kappa shape index (κ1) is 26.9. The van der Waals surface area contributed by atoms with Crippen LogP contribution in [0.3, 0.4) is 0 Å². The van der Waals surface area contributed by atoms with Gasteiger partial charge in [0.05, 0.1) is 21.1 Å². The molecule has 4 N–H and O–H groups in total. The number of quaternary nitrogens is 1. The van der Waals surface area contributed by atoms with Gasteiger partial charge in [-0.3, -0.25) is 10.5 Å². The predicted octanol–water partition coefficient (Wildman–Crippen LogP) is 3.89. The molecule has 0 saturated carbocycles. The van der Waals surface area contributed by atoms with Gasteiger partial charge in [-0.25, -0.2) is 4.79 Å². The third kappa shape index (κ3) is 9.37. The number of nitrogens with one attached hydrogen (secondary N) is 1. The summed E-state index contributed by atoms with van der Waals surface area (Å²) in [6, 6.07) is 0. The van der Waals surface area contributed by atoms with Crippen LogP contribution in [-0.2, 0) is 9.59 Å². The number of carboxylic acid groups (broad SMARTS) is 1. The number of carboxylic acids is 1. The first-order valence-corrected chi connectivity index (χ1v) is 11.2. The molecule has 0 rings (SSSR count). The van der Waals surface area contributed by atoms with Crippen molar-refractivity contribution in [3.05, 3.63) is 0 Å². The van der Waals surface area contributed by atoms with E-state index in [1.165, 1.54) is 64.2 Å². The van der Waals surface area contributed by atoms with Crippen LogP contribution in [0, 0.1) is 5.92 Å². The second-order valence-corrected chi connectivity index (χ2v) is 9.04. The highest BCUT2D eigenvalue weighted by Gasteiger charge is 2.54. The maximum absolute atomic E-state index is 12.4. The van der Waals surface area contributed by atoms with Crippen LogP contribution in [0.25, 0.3) is 0 Å². The molecule has 0 aromatic rings. The zero-order valence-corrected chi connectivity index (χ0v) is 19.1. The number of carbonyl (C=O) groups excluding carboxylic acids is 1. The molecule has 0 heterocycles. The second kappa shape index (κ2) is 13.9. The van der Waals surface area contributed by atoms with Crippen molar-refractivity contribution in [2.75, 3.05) is 27.7 Å². The summed E-state index contributed by atoms with van der Waals surface area (Å²) >= 11 is 0. The van der Waals surface area contributed by atoms with Gasteiger partial charge in [0.25, 0.3) is 5.66 Å². The molecule has 0 spiro atoms. The number of unbranched alkanes of at least 4 members (excludes halogenated alkanes) is 11. The Kier molecular flexibility index (Phi) is 13.4. The molecule has 0 radical (unpaired) electrons. The molecule has 0 fully saturated rings. The van der Waals surface area contributed by atoms with E-state index in [0.29, 0.717) is 6.54 Å². The molecule has 0 aliphatic heterocycles. The molecule has 0 saturated heterocycles. The topological polar surface area (TPSA) is 92.4 Å². The lowest BCUT2D eigenvalue weighted by Gasteiger charge is -2.42. The molecule has 2 unspecified atom stereocenters. The highest BCUT2D eigenvalue weighted by Crippen LogP contribution is 2.23. The standard InChI is InChI=1S/C22H45N3O3/c1-6-7-8-9-10-11-12-13-14-15-16-17-18-24-20(26)19(2)22(23,21(27)28)25(3,4)5/h19H,6-18,23H2,1-5H3,(H-,24,26,27,28)/p+1. The third-order valence-corrected chi connectivity index (χ3v) is 5.84. The van der Waals surface area contributed by atoms with Gasteiger partial charge < -0.3 is 14.9 Å². The molecule has 6 nitrogen and oxygen atoms in total. The Balaban J connectivity index is 3.86. The summed E-state index contributed by atoms with van der Waals surface area (Å²) in [6.45, 7) is 4.42. The Morgan fingerprint density at radius 1 is 0.893 bits per heavy atom. The molecular weight excluding hydrogens is 354 g/mol. The molecule has 0 bridgehead atoms. The quantitative estimate of drug-likeness (QED) is 0.196. The molecule has 0 aliphatic carbocycles. The first-order chi connectivity index (χ1) is 13.1. The molecule has 0 aliphatic rings. The number of likely N-dealkylation sites (N-methyl/N-ethyl adjacent to an activating group) is 1. The Morgan fingerprint density at radius 3 is 1.64 bits per heavy atom. The van der Waals surface area contributed by atoms with Crippen molar-refractivity contribution in [3.63, 3.8) is 0 Å². The lowest BCUT2D eigenvalue weighted by atomic mass is 9.91. The summed E-state index contributed by atoms with van der Waals surface area (Å²) in [5.74, 6) is -2.27. The van der Waals surface area contributed by atoms with Crippen LogP contribution < -0.4 is 11.1 Å². The Hall–Kier alpha value is -1.14. The number of nitrogens with two attached hydrogens (primary N) is 1. The summed E-state index contributed by atoms with van der Waals surface area (Å²) < 4.78 is -0.0183. The smallest absolute Gasteiger partial charge is 0.382 e. The Morgan fingerprint density at radius 2 is 1.29 bits per heavy atom. The molecule has 6 heteroatoms. The summed E-state index contributed by atoms with van der Waals surface area (Å²) in [7, 11) is 5.09. The summed E-state index contributed by atoms with van der Waals surface area (Å²) in [4.78, 5) is 24.1. The average molecular weight is 401 g/mol. The number of hydrogen-bond acceptors (Lipinski definition) is 3. The van der Waals surface area contributed by atoms with E-state index in [1.54, 1.807) is 28.1 Å².